The Balaban J connectivity index is 2.03. The molecule has 0 saturated heterocycles. The Morgan fingerprint density at radius 1 is 1.14 bits per heavy atom. The predicted molar refractivity (Wildman–Crippen MR) is 79.5 cm³/mol. The van der Waals surface area contributed by atoms with Crippen molar-refractivity contribution in [3.05, 3.63) is 54.1 Å². The van der Waals surface area contributed by atoms with E-state index in [0.717, 1.165) is 5.56 Å². The second-order valence-electron chi connectivity index (χ2n) is 4.35. The van der Waals surface area contributed by atoms with Gasteiger partial charge in [0.15, 0.2) is 0 Å². The Morgan fingerprint density at radius 3 is 2.45 bits per heavy atom. The molecule has 0 bridgehead atoms. The molecule has 7 heteroatoms. The van der Waals surface area contributed by atoms with Crippen LogP contribution in [0.5, 0.6) is 5.75 Å². The quantitative estimate of drug-likeness (QED) is 0.400. The average Bonchev–Trinajstić information content (AvgIpc) is 2.53. The van der Waals surface area contributed by atoms with Gasteiger partial charge in [0.1, 0.15) is 11.4 Å². The number of carbonyl (C=O) groups excluding carboxylic acids is 2. The molecule has 22 heavy (non-hydrogen) atoms. The molecule has 112 valence electrons. The summed E-state index contributed by atoms with van der Waals surface area (Å²) in [6.07, 6.45) is 4.27. The summed E-state index contributed by atoms with van der Waals surface area (Å²) in [4.78, 5) is 30.3. The lowest BCUT2D eigenvalue weighted by Crippen LogP contribution is -2.20. The van der Waals surface area contributed by atoms with Gasteiger partial charge in [-0.3, -0.25) is 14.6 Å². The minimum atomic E-state index is -0.441. The van der Waals surface area contributed by atoms with Gasteiger partial charge in [0, 0.05) is 19.3 Å². The van der Waals surface area contributed by atoms with Gasteiger partial charge < -0.3 is 4.74 Å². The van der Waals surface area contributed by atoms with Crippen molar-refractivity contribution >= 4 is 17.6 Å². The molecule has 1 aromatic heterocycles. The van der Waals surface area contributed by atoms with E-state index in [2.05, 4.69) is 20.5 Å². The van der Waals surface area contributed by atoms with Gasteiger partial charge in [-0.1, -0.05) is 0 Å². The monoisotopic (exact) mass is 298 g/mol. The summed E-state index contributed by atoms with van der Waals surface area (Å²) in [5.41, 5.74) is 3.98. The van der Waals surface area contributed by atoms with Gasteiger partial charge in [-0.15, -0.1) is 0 Å². The lowest BCUT2D eigenvalue weighted by Gasteiger charge is -2.04. The number of rotatable bonds is 4. The Morgan fingerprint density at radius 2 is 1.86 bits per heavy atom. The highest BCUT2D eigenvalue weighted by Gasteiger charge is 2.06. The topological polar surface area (TPSA) is 93.5 Å². The van der Waals surface area contributed by atoms with Crippen LogP contribution in [0.3, 0.4) is 0 Å². The van der Waals surface area contributed by atoms with Crippen molar-refractivity contribution in [2.75, 3.05) is 0 Å². The molecule has 0 aliphatic heterocycles. The van der Waals surface area contributed by atoms with Gasteiger partial charge in [0.25, 0.3) is 5.91 Å². The van der Waals surface area contributed by atoms with Gasteiger partial charge in [-0.05, 0) is 36.8 Å². The largest absolute Gasteiger partial charge is 0.427 e. The van der Waals surface area contributed by atoms with Crippen molar-refractivity contribution in [2.45, 2.75) is 13.8 Å². The number of benzene rings is 1. The predicted octanol–water partition coefficient (Wildman–Crippen LogP) is 1.56. The number of aromatic nitrogens is 2. The number of esters is 1. The van der Waals surface area contributed by atoms with E-state index in [1.165, 1.54) is 25.5 Å². The molecule has 0 aliphatic rings. The number of nitrogens with one attached hydrogen (secondary N) is 1. The van der Waals surface area contributed by atoms with Crippen LogP contribution in [-0.4, -0.2) is 27.6 Å². The summed E-state index contributed by atoms with van der Waals surface area (Å²) in [5, 5.41) is 4.00. The molecule has 0 fully saturated rings. The first-order valence-electron chi connectivity index (χ1n) is 6.46. The second kappa shape index (κ2) is 7.07. The molecule has 2 aromatic rings. The van der Waals surface area contributed by atoms with E-state index in [4.69, 9.17) is 4.74 Å². The lowest BCUT2D eigenvalue weighted by atomic mass is 10.1. The number of amides is 1. The third kappa shape index (κ3) is 4.20. The summed E-state index contributed by atoms with van der Waals surface area (Å²) in [5.74, 6) is -0.369. The summed E-state index contributed by atoms with van der Waals surface area (Å²) in [6.45, 7) is 3.08. The molecule has 1 amide bonds. The van der Waals surface area contributed by atoms with Crippen LogP contribution in [0.4, 0.5) is 0 Å². The Bertz CT molecular complexity index is 696. The maximum atomic E-state index is 11.8. The normalized spacial score (nSPS) is 10.9. The van der Waals surface area contributed by atoms with E-state index in [9.17, 15) is 9.59 Å². The first-order valence-corrected chi connectivity index (χ1v) is 6.46. The van der Waals surface area contributed by atoms with Crippen molar-refractivity contribution in [3.63, 3.8) is 0 Å². The number of hydrogen-bond acceptors (Lipinski definition) is 6. The van der Waals surface area contributed by atoms with Gasteiger partial charge >= 0.3 is 5.97 Å². The zero-order chi connectivity index (χ0) is 15.9. The maximum Gasteiger partial charge on any atom is 0.308 e. The van der Waals surface area contributed by atoms with Crippen LogP contribution in [0.15, 0.2) is 48.0 Å². The number of nitrogens with zero attached hydrogens (tertiary/aromatic N) is 3. The smallest absolute Gasteiger partial charge is 0.308 e. The highest BCUT2D eigenvalue weighted by atomic mass is 16.5. The third-order valence-electron chi connectivity index (χ3n) is 2.65. The number of hydrazone groups is 1. The van der Waals surface area contributed by atoms with E-state index in [1.54, 1.807) is 31.2 Å². The van der Waals surface area contributed by atoms with Crippen LogP contribution in [0, 0.1) is 0 Å². The molecule has 7 nitrogen and oxygen atoms in total. The first-order chi connectivity index (χ1) is 10.6. The van der Waals surface area contributed by atoms with Gasteiger partial charge in [-0.2, -0.15) is 5.10 Å². The molecule has 0 spiro atoms. The summed E-state index contributed by atoms with van der Waals surface area (Å²) in [7, 11) is 0. The molecular weight excluding hydrogens is 284 g/mol. The van der Waals surface area contributed by atoms with E-state index < -0.39 is 5.91 Å². The van der Waals surface area contributed by atoms with Gasteiger partial charge in [0.2, 0.25) is 0 Å². The van der Waals surface area contributed by atoms with Gasteiger partial charge in [0.05, 0.1) is 11.9 Å². The molecular formula is C15H14N4O3. The molecule has 1 heterocycles. The molecule has 0 radical (unpaired) electrons. The van der Waals surface area contributed by atoms with E-state index in [0.29, 0.717) is 11.5 Å². The van der Waals surface area contributed by atoms with Crippen LogP contribution >= 0.6 is 0 Å². The van der Waals surface area contributed by atoms with Gasteiger partial charge in [-0.25, -0.2) is 10.4 Å². The van der Waals surface area contributed by atoms with Crippen molar-refractivity contribution in [1.29, 1.82) is 0 Å². The van der Waals surface area contributed by atoms with Crippen molar-refractivity contribution in [1.82, 2.24) is 15.4 Å². The fourth-order valence-corrected chi connectivity index (χ4v) is 1.60. The van der Waals surface area contributed by atoms with Crippen molar-refractivity contribution in [2.24, 2.45) is 5.10 Å². The molecule has 2 rings (SSSR count). The second-order valence-corrected chi connectivity index (χ2v) is 4.35. The summed E-state index contributed by atoms with van der Waals surface area (Å²) < 4.78 is 4.94. The number of hydrogen-bond donors (Lipinski definition) is 1. The summed E-state index contributed by atoms with van der Waals surface area (Å²) >= 11 is 0. The Labute approximate surface area is 127 Å². The first kappa shape index (κ1) is 15.3. The highest BCUT2D eigenvalue weighted by Crippen LogP contribution is 2.12. The van der Waals surface area contributed by atoms with E-state index >= 15 is 0 Å². The van der Waals surface area contributed by atoms with Crippen LogP contribution in [0.2, 0.25) is 0 Å². The standard InChI is InChI=1S/C15H14N4O3/c1-10(12-3-5-13(6-4-12)22-11(2)20)18-19-15(21)14-9-16-7-8-17-14/h3-9H,1-2H3,(H,19,21)/b18-10+. The molecule has 0 unspecified atom stereocenters. The minimum Gasteiger partial charge on any atom is -0.427 e. The van der Waals surface area contributed by atoms with Crippen LogP contribution in [0.25, 0.3) is 0 Å². The Hall–Kier alpha value is -3.09. The Kier molecular flexibility index (Phi) is 4.92. The van der Waals surface area contributed by atoms with Crippen LogP contribution < -0.4 is 10.2 Å². The molecule has 1 N–H and O–H groups in total. The van der Waals surface area contributed by atoms with Crippen molar-refractivity contribution < 1.29 is 14.3 Å². The number of ether oxygens (including phenoxy) is 1. The number of carbonyl (C=O) groups is 2. The van der Waals surface area contributed by atoms with Crippen molar-refractivity contribution in [3.8, 4) is 5.75 Å². The van der Waals surface area contributed by atoms with E-state index in [-0.39, 0.29) is 11.7 Å². The zero-order valence-electron chi connectivity index (χ0n) is 12.1. The molecule has 0 aliphatic carbocycles. The zero-order valence-corrected chi connectivity index (χ0v) is 12.1. The molecule has 0 saturated carbocycles. The summed E-state index contributed by atoms with van der Waals surface area (Å²) in [6, 6.07) is 6.79. The molecule has 1 aromatic carbocycles. The fraction of sp³-hybridized carbons (Fsp3) is 0.133. The lowest BCUT2D eigenvalue weighted by molar-refractivity contribution is -0.131. The fourth-order valence-electron chi connectivity index (χ4n) is 1.60. The highest BCUT2D eigenvalue weighted by molar-refractivity contribution is 6.00. The van der Waals surface area contributed by atoms with Crippen LogP contribution in [0.1, 0.15) is 29.9 Å². The average molecular weight is 298 g/mol. The minimum absolute atomic E-state index is 0.184. The van der Waals surface area contributed by atoms with E-state index in [1.807, 2.05) is 0 Å². The maximum absolute atomic E-state index is 11.8. The third-order valence-corrected chi connectivity index (χ3v) is 2.65. The van der Waals surface area contributed by atoms with Crippen LogP contribution in [-0.2, 0) is 4.79 Å². The molecule has 0 atom stereocenters. The SMILES string of the molecule is CC(=O)Oc1ccc(/C(C)=N/NC(=O)c2cnccn2)cc1.